The number of ether oxygens (including phenoxy) is 2. The van der Waals surface area contributed by atoms with Crippen molar-refractivity contribution in [1.82, 2.24) is 9.62 Å². The molecule has 1 aliphatic carbocycles. The van der Waals surface area contributed by atoms with Gasteiger partial charge in [0, 0.05) is 24.2 Å². The van der Waals surface area contributed by atoms with Crippen LogP contribution in [0, 0.1) is 0 Å². The van der Waals surface area contributed by atoms with Gasteiger partial charge in [-0.2, -0.15) is 0 Å². The highest BCUT2D eigenvalue weighted by Gasteiger charge is 2.43. The minimum atomic E-state index is -3.28. The van der Waals surface area contributed by atoms with Crippen LogP contribution >= 0.6 is 0 Å². The van der Waals surface area contributed by atoms with Gasteiger partial charge in [0.2, 0.25) is 10.0 Å². The summed E-state index contributed by atoms with van der Waals surface area (Å²) in [6, 6.07) is 8.37. The summed E-state index contributed by atoms with van der Waals surface area (Å²) in [5.74, 6) is 0.987. The molecule has 5 rings (SSSR count). The summed E-state index contributed by atoms with van der Waals surface area (Å²) in [6.07, 6.45) is 7.13. The predicted octanol–water partition coefficient (Wildman–Crippen LogP) is 3.46. The number of hydrogen-bond donors (Lipinski definition) is 1. The van der Waals surface area contributed by atoms with E-state index in [0.29, 0.717) is 6.61 Å². The van der Waals surface area contributed by atoms with Crippen LogP contribution in [0.3, 0.4) is 0 Å². The Hall–Kier alpha value is -1.15. The van der Waals surface area contributed by atoms with E-state index in [9.17, 15) is 8.42 Å². The largest absolute Gasteiger partial charge is 0.489 e. The zero-order valence-electron chi connectivity index (χ0n) is 19.4. The maximum Gasteiger partial charge on any atom is 0.209 e. The SMILES string of the molecule is C[C@H]1CN2CCC[C@H](NS(C)(=O)=O)C2CO[C@]2(C)CC[C@@](C)(CC2)c2ccccc2O1. The first-order valence-corrected chi connectivity index (χ1v) is 13.6. The Bertz CT molecular complexity index is 879. The average Bonchev–Trinajstić information content (AvgIpc) is 2.70. The minimum absolute atomic E-state index is 0.00206. The van der Waals surface area contributed by atoms with Gasteiger partial charge in [0.1, 0.15) is 11.9 Å². The van der Waals surface area contributed by atoms with E-state index in [1.807, 2.05) is 0 Å². The third-order valence-electron chi connectivity index (χ3n) is 7.63. The fourth-order valence-electron chi connectivity index (χ4n) is 5.67. The van der Waals surface area contributed by atoms with Gasteiger partial charge in [-0.25, -0.2) is 13.1 Å². The smallest absolute Gasteiger partial charge is 0.209 e. The van der Waals surface area contributed by atoms with Gasteiger partial charge in [0.25, 0.3) is 0 Å². The summed E-state index contributed by atoms with van der Waals surface area (Å²) in [5, 5.41) is 0. The lowest BCUT2D eigenvalue weighted by atomic mass is 9.66. The molecule has 1 saturated carbocycles. The van der Waals surface area contributed by atoms with Crippen LogP contribution in [0.15, 0.2) is 24.3 Å². The second kappa shape index (κ2) is 8.65. The molecule has 3 aliphatic heterocycles. The molecular weight excluding hydrogens is 412 g/mol. The van der Waals surface area contributed by atoms with Crippen molar-refractivity contribution >= 4 is 10.0 Å². The monoisotopic (exact) mass is 450 g/mol. The number of nitrogens with zero attached hydrogens (tertiary/aromatic N) is 1. The van der Waals surface area contributed by atoms with Crippen molar-refractivity contribution in [1.29, 1.82) is 0 Å². The van der Waals surface area contributed by atoms with Crippen molar-refractivity contribution < 1.29 is 17.9 Å². The Morgan fingerprint density at radius 2 is 1.84 bits per heavy atom. The number of rotatable bonds is 2. The molecule has 3 atom stereocenters. The highest BCUT2D eigenvalue weighted by Crippen LogP contribution is 2.47. The molecule has 1 aromatic rings. The Labute approximate surface area is 187 Å². The summed E-state index contributed by atoms with van der Waals surface area (Å²) >= 11 is 0. The molecule has 2 fully saturated rings. The Morgan fingerprint density at radius 3 is 2.55 bits per heavy atom. The second-order valence-electron chi connectivity index (χ2n) is 10.4. The fourth-order valence-corrected chi connectivity index (χ4v) is 6.50. The fraction of sp³-hybridized carbons (Fsp3) is 0.750. The summed E-state index contributed by atoms with van der Waals surface area (Å²) in [5.41, 5.74) is 1.21. The molecule has 2 bridgehead atoms. The second-order valence-corrected chi connectivity index (χ2v) is 12.2. The Kier molecular flexibility index (Phi) is 6.43. The van der Waals surface area contributed by atoms with Crippen molar-refractivity contribution in [3.05, 3.63) is 29.8 Å². The molecule has 174 valence electrons. The minimum Gasteiger partial charge on any atom is -0.489 e. The van der Waals surface area contributed by atoms with Gasteiger partial charge in [-0.05, 0) is 70.4 Å². The van der Waals surface area contributed by atoms with Crippen LogP contribution in [-0.4, -0.2) is 63.1 Å². The molecule has 1 aromatic carbocycles. The standard InChI is InChI=1S/C24H38N2O4S/c1-18-16-26-15-7-9-20(25-31(4,27)28)21(26)17-29-24(3)13-11-23(2,12-14-24)19-8-5-6-10-22(19)30-18/h5-6,8,10,18,20-21,25H,7,9,11-17H2,1-4H3/t18-,20-,21?,23-,24+/m0/s1. The molecular formula is C24H38N2O4S. The molecule has 7 heteroatoms. The molecule has 1 unspecified atom stereocenters. The first-order chi connectivity index (χ1) is 14.6. The lowest BCUT2D eigenvalue weighted by Gasteiger charge is -2.46. The van der Waals surface area contributed by atoms with Gasteiger partial charge in [-0.1, -0.05) is 25.1 Å². The molecule has 0 amide bonds. The van der Waals surface area contributed by atoms with Crippen LogP contribution in [0.2, 0.25) is 0 Å². The van der Waals surface area contributed by atoms with Crippen LogP contribution in [0.4, 0.5) is 0 Å². The number of para-hydroxylation sites is 1. The van der Waals surface area contributed by atoms with Gasteiger partial charge in [-0.3, -0.25) is 4.90 Å². The molecule has 6 nitrogen and oxygen atoms in total. The highest BCUT2D eigenvalue weighted by molar-refractivity contribution is 7.88. The van der Waals surface area contributed by atoms with Gasteiger partial charge in [0.05, 0.1) is 18.5 Å². The van der Waals surface area contributed by atoms with Crippen molar-refractivity contribution in [3.8, 4) is 5.75 Å². The average molecular weight is 451 g/mol. The number of sulfonamides is 1. The highest BCUT2D eigenvalue weighted by atomic mass is 32.2. The number of benzene rings is 1. The Morgan fingerprint density at radius 1 is 1.13 bits per heavy atom. The number of piperidine rings is 1. The lowest BCUT2D eigenvalue weighted by molar-refractivity contribution is -0.0954. The van der Waals surface area contributed by atoms with Gasteiger partial charge < -0.3 is 9.47 Å². The zero-order valence-corrected chi connectivity index (χ0v) is 20.2. The van der Waals surface area contributed by atoms with Crippen LogP contribution in [0.1, 0.15) is 64.9 Å². The van der Waals surface area contributed by atoms with Crippen LogP contribution in [0.5, 0.6) is 5.75 Å². The number of hydrogen-bond acceptors (Lipinski definition) is 5. The molecule has 1 saturated heterocycles. The maximum atomic E-state index is 12.0. The quantitative estimate of drug-likeness (QED) is 0.747. The van der Waals surface area contributed by atoms with E-state index in [0.717, 1.165) is 57.4 Å². The van der Waals surface area contributed by atoms with Gasteiger partial charge in [0.15, 0.2) is 0 Å². The first-order valence-electron chi connectivity index (χ1n) is 11.7. The predicted molar refractivity (Wildman–Crippen MR) is 123 cm³/mol. The van der Waals surface area contributed by atoms with Crippen LogP contribution < -0.4 is 9.46 Å². The first kappa shape index (κ1) is 23.0. The van der Waals surface area contributed by atoms with E-state index in [1.165, 1.54) is 11.8 Å². The molecule has 31 heavy (non-hydrogen) atoms. The van der Waals surface area contributed by atoms with Crippen molar-refractivity contribution in [2.24, 2.45) is 0 Å². The third kappa shape index (κ3) is 5.27. The van der Waals surface area contributed by atoms with E-state index in [4.69, 9.17) is 9.47 Å². The third-order valence-corrected chi connectivity index (χ3v) is 8.36. The van der Waals surface area contributed by atoms with E-state index < -0.39 is 10.0 Å². The van der Waals surface area contributed by atoms with Crippen molar-refractivity contribution in [2.75, 3.05) is 26.0 Å². The number of nitrogens with one attached hydrogen (secondary N) is 1. The van der Waals surface area contributed by atoms with Crippen LogP contribution in [0.25, 0.3) is 0 Å². The molecule has 0 radical (unpaired) electrons. The van der Waals surface area contributed by atoms with Crippen molar-refractivity contribution in [2.45, 2.75) is 88.5 Å². The summed E-state index contributed by atoms with van der Waals surface area (Å²) < 4.78 is 40.0. The maximum absolute atomic E-state index is 12.0. The summed E-state index contributed by atoms with van der Waals surface area (Å²) in [4.78, 5) is 2.37. The normalized spacial score (nSPS) is 37.5. The molecule has 0 aromatic heterocycles. The molecule has 0 spiro atoms. The molecule has 4 aliphatic rings. The van der Waals surface area contributed by atoms with E-state index >= 15 is 0 Å². The van der Waals surface area contributed by atoms with Gasteiger partial charge in [-0.15, -0.1) is 0 Å². The molecule has 3 heterocycles. The summed E-state index contributed by atoms with van der Waals surface area (Å²) in [6.45, 7) is 8.92. The number of fused-ring (bicyclic) bond motifs is 5. The summed E-state index contributed by atoms with van der Waals surface area (Å²) in [7, 11) is -3.28. The van der Waals surface area contributed by atoms with Gasteiger partial charge >= 0.3 is 0 Å². The van der Waals surface area contributed by atoms with Crippen LogP contribution in [-0.2, 0) is 20.2 Å². The van der Waals surface area contributed by atoms with E-state index in [-0.39, 0.29) is 29.2 Å². The van der Waals surface area contributed by atoms with E-state index in [2.05, 4.69) is 54.7 Å². The van der Waals surface area contributed by atoms with E-state index in [1.54, 1.807) is 0 Å². The molecule has 1 N–H and O–H groups in total. The zero-order chi connectivity index (χ0) is 22.3. The Balaban J connectivity index is 1.66. The lowest BCUT2D eigenvalue weighted by Crippen LogP contribution is -2.59. The topological polar surface area (TPSA) is 67.9 Å². The van der Waals surface area contributed by atoms with Crippen molar-refractivity contribution in [3.63, 3.8) is 0 Å².